The quantitative estimate of drug-likeness (QED) is 0.366. The van der Waals surface area contributed by atoms with Crippen LogP contribution in [0.1, 0.15) is 23.2 Å². The molecule has 0 unspecified atom stereocenters. The fraction of sp³-hybridized carbons (Fsp3) is 0.333. The summed E-state index contributed by atoms with van der Waals surface area (Å²) < 4.78 is 12.5. The van der Waals surface area contributed by atoms with Crippen LogP contribution in [0.2, 0.25) is 0 Å². The van der Waals surface area contributed by atoms with E-state index < -0.39 is 0 Å². The van der Waals surface area contributed by atoms with E-state index in [1.807, 2.05) is 0 Å². The maximum atomic E-state index is 13.0. The third-order valence-corrected chi connectivity index (χ3v) is 6.91. The molecule has 2 N–H and O–H groups in total. The summed E-state index contributed by atoms with van der Waals surface area (Å²) in [6.07, 6.45) is 8.01. The average molecular weight is 531 g/mol. The molecular weight excluding hydrogens is 500 g/mol. The first-order valence-electron chi connectivity index (χ1n) is 12.5. The van der Waals surface area contributed by atoms with Gasteiger partial charge in [0.1, 0.15) is 17.6 Å². The predicted molar refractivity (Wildman–Crippen MR) is 147 cm³/mol. The smallest absolute Gasteiger partial charge is 0.293 e. The second kappa shape index (κ2) is 11.0. The van der Waals surface area contributed by atoms with E-state index in [4.69, 9.17) is 14.5 Å². The van der Waals surface area contributed by atoms with E-state index in [9.17, 15) is 9.59 Å². The molecular formula is C27H30N8O4. The number of piperidine rings is 1. The fourth-order valence-corrected chi connectivity index (χ4v) is 4.70. The molecule has 202 valence electrons. The van der Waals surface area contributed by atoms with Crippen molar-refractivity contribution in [2.24, 2.45) is 7.05 Å². The van der Waals surface area contributed by atoms with E-state index in [2.05, 4.69) is 37.5 Å². The van der Waals surface area contributed by atoms with Crippen LogP contribution in [0.15, 0.2) is 47.9 Å². The van der Waals surface area contributed by atoms with Gasteiger partial charge >= 0.3 is 0 Å². The van der Waals surface area contributed by atoms with Crippen molar-refractivity contribution in [3.8, 4) is 22.6 Å². The molecule has 1 aromatic carbocycles. The Labute approximate surface area is 225 Å². The number of rotatable bonds is 7. The largest absolute Gasteiger partial charge is 0.495 e. The van der Waals surface area contributed by atoms with Crippen molar-refractivity contribution in [3.05, 3.63) is 59.0 Å². The Balaban J connectivity index is 1.47. The number of methoxy groups -OCH3 is 2. The molecule has 0 radical (unpaired) electrons. The summed E-state index contributed by atoms with van der Waals surface area (Å²) in [5.74, 6) is 0.716. The Morgan fingerprint density at radius 2 is 1.79 bits per heavy atom. The van der Waals surface area contributed by atoms with Crippen LogP contribution in [0.5, 0.6) is 11.5 Å². The number of likely N-dealkylation sites (tertiary alicyclic amines) is 1. The Hall–Kier alpha value is -4.58. The van der Waals surface area contributed by atoms with Crippen LogP contribution in [0, 0.1) is 0 Å². The van der Waals surface area contributed by atoms with Crippen molar-refractivity contribution >= 4 is 28.6 Å². The number of carbonyl (C=O) groups excluding carboxylic acids is 1. The number of anilines is 2. The van der Waals surface area contributed by atoms with Gasteiger partial charge < -0.3 is 29.6 Å². The molecule has 4 heterocycles. The van der Waals surface area contributed by atoms with E-state index in [1.165, 1.54) is 25.1 Å². The maximum Gasteiger partial charge on any atom is 0.293 e. The molecule has 4 aromatic rings. The van der Waals surface area contributed by atoms with E-state index in [-0.39, 0.29) is 29.2 Å². The Morgan fingerprint density at radius 1 is 1.05 bits per heavy atom. The number of hydrogen-bond acceptors (Lipinski definition) is 10. The lowest BCUT2D eigenvalue weighted by molar-refractivity contribution is 0.0916. The molecule has 0 spiro atoms. The first-order valence-corrected chi connectivity index (χ1v) is 12.5. The van der Waals surface area contributed by atoms with Crippen molar-refractivity contribution in [1.82, 2.24) is 34.7 Å². The van der Waals surface area contributed by atoms with Gasteiger partial charge in [-0.05, 0) is 51.2 Å². The first-order chi connectivity index (χ1) is 18.9. The van der Waals surface area contributed by atoms with Crippen LogP contribution >= 0.6 is 0 Å². The summed E-state index contributed by atoms with van der Waals surface area (Å²) in [6.45, 7) is 1.92. The summed E-state index contributed by atoms with van der Waals surface area (Å²) in [6, 6.07) is 5.33. The molecule has 1 fully saturated rings. The molecule has 5 rings (SSSR count). The zero-order valence-corrected chi connectivity index (χ0v) is 22.3. The average Bonchev–Trinajstić information content (AvgIpc) is 2.96. The van der Waals surface area contributed by atoms with Crippen molar-refractivity contribution < 1.29 is 14.3 Å². The molecule has 39 heavy (non-hydrogen) atoms. The zero-order valence-electron chi connectivity index (χ0n) is 22.3. The highest BCUT2D eigenvalue weighted by atomic mass is 16.5. The minimum Gasteiger partial charge on any atom is -0.495 e. The number of carbonyl (C=O) groups is 1. The van der Waals surface area contributed by atoms with E-state index in [0.29, 0.717) is 39.2 Å². The molecule has 12 nitrogen and oxygen atoms in total. The third-order valence-electron chi connectivity index (χ3n) is 6.91. The number of aryl methyl sites for hydroxylation is 1. The number of benzene rings is 1. The van der Waals surface area contributed by atoms with Crippen LogP contribution in [0.4, 0.5) is 11.6 Å². The normalized spacial score (nSPS) is 14.3. The highest BCUT2D eigenvalue weighted by Gasteiger charge is 2.22. The lowest BCUT2D eigenvalue weighted by Gasteiger charge is -2.29. The summed E-state index contributed by atoms with van der Waals surface area (Å²) in [5.41, 5.74) is 2.79. The summed E-state index contributed by atoms with van der Waals surface area (Å²) in [4.78, 5) is 45.4. The van der Waals surface area contributed by atoms with Gasteiger partial charge in [-0.1, -0.05) is 0 Å². The van der Waals surface area contributed by atoms with Crippen molar-refractivity contribution in [2.75, 3.05) is 39.7 Å². The van der Waals surface area contributed by atoms with Gasteiger partial charge in [0.2, 0.25) is 5.95 Å². The standard InChI is InChI=1S/C27H30N8O4/c1-34-9-7-18(8-10-34)31-25(36)16-5-6-19(21(11-16)38-3)32-27-30-14-20-23(33-27)22(17-12-28-15-29-13-17)24(39-4)26(37)35(20)2/h5-6,11-15,18H,7-10H2,1-4H3,(H,31,36)(H,30,32,33). The number of nitrogens with zero attached hydrogens (tertiary/aromatic N) is 6. The molecule has 0 atom stereocenters. The fourth-order valence-electron chi connectivity index (χ4n) is 4.70. The molecule has 1 saturated heterocycles. The van der Waals surface area contributed by atoms with E-state index >= 15 is 0 Å². The van der Waals surface area contributed by atoms with Gasteiger partial charge in [0.05, 0.1) is 37.2 Å². The third kappa shape index (κ3) is 5.23. The summed E-state index contributed by atoms with van der Waals surface area (Å²) in [7, 11) is 6.69. The first kappa shape index (κ1) is 26.0. The number of aromatic nitrogens is 5. The molecule has 12 heteroatoms. The lowest BCUT2D eigenvalue weighted by Crippen LogP contribution is -2.43. The van der Waals surface area contributed by atoms with Gasteiger partial charge in [-0.2, -0.15) is 0 Å². The Morgan fingerprint density at radius 3 is 2.49 bits per heavy atom. The van der Waals surface area contributed by atoms with Crippen molar-refractivity contribution in [3.63, 3.8) is 0 Å². The van der Waals surface area contributed by atoms with Gasteiger partial charge in [0.15, 0.2) is 5.75 Å². The number of fused-ring (bicyclic) bond motifs is 1. The van der Waals surface area contributed by atoms with Crippen molar-refractivity contribution in [2.45, 2.75) is 18.9 Å². The molecule has 1 amide bonds. The second-order valence-electron chi connectivity index (χ2n) is 9.42. The minimum atomic E-state index is -0.330. The van der Waals surface area contributed by atoms with Gasteiger partial charge in [-0.3, -0.25) is 9.59 Å². The van der Waals surface area contributed by atoms with Crippen LogP contribution in [-0.4, -0.2) is 75.7 Å². The molecule has 1 aliphatic heterocycles. The highest BCUT2D eigenvalue weighted by Crippen LogP contribution is 2.34. The predicted octanol–water partition coefficient (Wildman–Crippen LogP) is 2.37. The van der Waals surface area contributed by atoms with Crippen LogP contribution in [-0.2, 0) is 7.05 Å². The SMILES string of the molecule is COc1cc(C(=O)NC2CCN(C)CC2)ccc1Nc1ncc2c(n1)c(-c1cncnc1)c(OC)c(=O)n2C. The second-order valence-corrected chi connectivity index (χ2v) is 9.42. The molecule has 0 bridgehead atoms. The Bertz CT molecular complexity index is 1570. The monoisotopic (exact) mass is 530 g/mol. The number of pyridine rings is 1. The van der Waals surface area contributed by atoms with Gasteiger partial charge in [-0.15, -0.1) is 0 Å². The van der Waals surface area contributed by atoms with E-state index in [1.54, 1.807) is 43.8 Å². The molecule has 0 aliphatic carbocycles. The molecule has 3 aromatic heterocycles. The number of hydrogen-bond donors (Lipinski definition) is 2. The molecule has 1 aliphatic rings. The summed E-state index contributed by atoms with van der Waals surface area (Å²) >= 11 is 0. The summed E-state index contributed by atoms with van der Waals surface area (Å²) in [5, 5.41) is 6.30. The number of amides is 1. The topological polar surface area (TPSA) is 136 Å². The highest BCUT2D eigenvalue weighted by molar-refractivity contribution is 5.96. The van der Waals surface area contributed by atoms with Crippen LogP contribution < -0.4 is 25.7 Å². The lowest BCUT2D eigenvalue weighted by atomic mass is 10.0. The number of nitrogens with one attached hydrogen (secondary N) is 2. The number of ether oxygens (including phenoxy) is 2. The molecule has 0 saturated carbocycles. The van der Waals surface area contributed by atoms with Gasteiger partial charge in [0.25, 0.3) is 11.5 Å². The zero-order chi connectivity index (χ0) is 27.5. The van der Waals surface area contributed by atoms with Crippen LogP contribution in [0.3, 0.4) is 0 Å². The van der Waals surface area contributed by atoms with E-state index in [0.717, 1.165) is 25.9 Å². The Kier molecular flexibility index (Phi) is 7.37. The van der Waals surface area contributed by atoms with Gasteiger partial charge in [-0.25, -0.2) is 19.9 Å². The van der Waals surface area contributed by atoms with Gasteiger partial charge in [0, 0.05) is 36.6 Å². The minimum absolute atomic E-state index is 0.127. The van der Waals surface area contributed by atoms with Crippen LogP contribution in [0.25, 0.3) is 22.2 Å². The maximum absolute atomic E-state index is 13.0. The van der Waals surface area contributed by atoms with Crippen molar-refractivity contribution in [1.29, 1.82) is 0 Å².